The number of likely N-dealkylation sites (tertiary alicyclic amines) is 1. The van der Waals surface area contributed by atoms with Crippen LogP contribution in [0.1, 0.15) is 37.3 Å². The van der Waals surface area contributed by atoms with E-state index < -0.39 is 0 Å². The molecule has 5 heteroatoms. The molecule has 1 aromatic carbocycles. The molecule has 24 heavy (non-hydrogen) atoms. The molecule has 1 heterocycles. The Balaban J connectivity index is 0.00000288. The molecule has 1 saturated heterocycles. The maximum absolute atomic E-state index is 4.33. The number of nitrogens with zero attached hydrogens (tertiary/aromatic N) is 2. The molecule has 0 saturated carbocycles. The van der Waals surface area contributed by atoms with Crippen molar-refractivity contribution < 1.29 is 0 Å². The largest absolute Gasteiger partial charge is 0.356 e. The predicted octanol–water partition coefficient (Wildman–Crippen LogP) is 3.40. The van der Waals surface area contributed by atoms with Crippen molar-refractivity contribution in [3.8, 4) is 0 Å². The van der Waals surface area contributed by atoms with Crippen LogP contribution in [0, 0.1) is 12.8 Å². The van der Waals surface area contributed by atoms with E-state index in [-0.39, 0.29) is 24.0 Å². The normalized spacial score (nSPS) is 16.5. The Labute approximate surface area is 164 Å². The second-order valence-electron chi connectivity index (χ2n) is 6.58. The van der Waals surface area contributed by atoms with Crippen molar-refractivity contribution in [1.29, 1.82) is 0 Å². The Morgan fingerprint density at radius 1 is 1.17 bits per heavy atom. The molecule has 0 spiro atoms. The van der Waals surface area contributed by atoms with Crippen molar-refractivity contribution in [2.45, 2.75) is 39.7 Å². The van der Waals surface area contributed by atoms with Crippen LogP contribution in [-0.2, 0) is 6.54 Å². The van der Waals surface area contributed by atoms with Crippen LogP contribution in [0.2, 0.25) is 0 Å². The summed E-state index contributed by atoms with van der Waals surface area (Å²) in [5.41, 5.74) is 2.58. The van der Waals surface area contributed by atoms with Gasteiger partial charge in [-0.1, -0.05) is 36.8 Å². The minimum absolute atomic E-state index is 0. The van der Waals surface area contributed by atoms with E-state index in [9.17, 15) is 0 Å². The van der Waals surface area contributed by atoms with Gasteiger partial charge in [-0.2, -0.15) is 0 Å². The lowest BCUT2D eigenvalue weighted by Crippen LogP contribution is -2.42. The number of aryl methyl sites for hydroxylation is 1. The van der Waals surface area contributed by atoms with E-state index in [1.807, 2.05) is 7.05 Å². The predicted molar refractivity (Wildman–Crippen MR) is 114 cm³/mol. The van der Waals surface area contributed by atoms with E-state index in [2.05, 4.69) is 58.6 Å². The zero-order chi connectivity index (χ0) is 16.5. The zero-order valence-corrected chi connectivity index (χ0v) is 17.7. The number of aliphatic imine (C=N–C) groups is 1. The van der Waals surface area contributed by atoms with Crippen molar-refractivity contribution in [3.05, 3.63) is 35.4 Å². The number of piperidine rings is 1. The average molecular weight is 444 g/mol. The van der Waals surface area contributed by atoms with Gasteiger partial charge in [0.15, 0.2) is 5.96 Å². The van der Waals surface area contributed by atoms with E-state index in [1.54, 1.807) is 0 Å². The van der Waals surface area contributed by atoms with Crippen molar-refractivity contribution in [3.63, 3.8) is 0 Å². The first-order chi connectivity index (χ1) is 11.2. The Hall–Kier alpha value is -0.820. The average Bonchev–Trinajstić information content (AvgIpc) is 2.58. The molecule has 4 nitrogen and oxygen atoms in total. The smallest absolute Gasteiger partial charge is 0.191 e. The second-order valence-corrected chi connectivity index (χ2v) is 6.58. The molecule has 1 aliphatic heterocycles. The minimum Gasteiger partial charge on any atom is -0.356 e. The van der Waals surface area contributed by atoms with E-state index >= 15 is 0 Å². The highest BCUT2D eigenvalue weighted by Crippen LogP contribution is 2.16. The van der Waals surface area contributed by atoms with Crippen molar-refractivity contribution >= 4 is 29.9 Å². The maximum Gasteiger partial charge on any atom is 0.191 e. The van der Waals surface area contributed by atoms with Gasteiger partial charge in [-0.05, 0) is 57.3 Å². The van der Waals surface area contributed by atoms with Crippen LogP contribution in [0.5, 0.6) is 0 Å². The topological polar surface area (TPSA) is 39.7 Å². The van der Waals surface area contributed by atoms with Crippen LogP contribution in [-0.4, -0.2) is 44.1 Å². The number of halogens is 1. The van der Waals surface area contributed by atoms with Crippen molar-refractivity contribution in [2.75, 3.05) is 33.2 Å². The summed E-state index contributed by atoms with van der Waals surface area (Å²) in [7, 11) is 1.84. The summed E-state index contributed by atoms with van der Waals surface area (Å²) in [6, 6.07) is 8.63. The molecule has 1 aliphatic rings. The van der Waals surface area contributed by atoms with Crippen LogP contribution >= 0.6 is 24.0 Å². The zero-order valence-electron chi connectivity index (χ0n) is 15.3. The van der Waals surface area contributed by atoms with Gasteiger partial charge in [0.05, 0.1) is 0 Å². The summed E-state index contributed by atoms with van der Waals surface area (Å²) in [6.07, 6.45) is 3.85. The van der Waals surface area contributed by atoms with Crippen molar-refractivity contribution in [1.82, 2.24) is 15.5 Å². The highest BCUT2D eigenvalue weighted by Gasteiger charge is 2.18. The quantitative estimate of drug-likeness (QED) is 0.402. The molecule has 2 N–H and O–H groups in total. The summed E-state index contributed by atoms with van der Waals surface area (Å²) in [4.78, 5) is 6.92. The minimum atomic E-state index is 0. The number of hydrogen-bond acceptors (Lipinski definition) is 2. The molecule has 0 aliphatic carbocycles. The van der Waals surface area contributed by atoms with Crippen molar-refractivity contribution in [2.24, 2.45) is 10.9 Å². The van der Waals surface area contributed by atoms with Gasteiger partial charge in [-0.3, -0.25) is 4.99 Å². The standard InChI is InChI=1S/C19H32N4.HI/c1-4-11-23-12-9-18(10-13-23)15-22-19(20-3)21-14-17-7-5-16(2)6-8-17;/h5-8,18H,4,9-15H2,1-3H3,(H2,20,21,22);1H. The third-order valence-electron chi connectivity index (χ3n) is 4.61. The van der Waals surface area contributed by atoms with E-state index in [0.717, 1.165) is 25.0 Å². The van der Waals surface area contributed by atoms with Gasteiger partial charge >= 0.3 is 0 Å². The van der Waals surface area contributed by atoms with Gasteiger partial charge in [-0.25, -0.2) is 0 Å². The number of benzene rings is 1. The summed E-state index contributed by atoms with van der Waals surface area (Å²) in [5.74, 6) is 1.67. The molecule has 0 amide bonds. The van der Waals surface area contributed by atoms with Crippen LogP contribution in [0.15, 0.2) is 29.3 Å². The molecule has 136 valence electrons. The molecule has 0 radical (unpaired) electrons. The third kappa shape index (κ3) is 7.38. The summed E-state index contributed by atoms with van der Waals surface area (Å²) < 4.78 is 0. The lowest BCUT2D eigenvalue weighted by atomic mass is 9.97. The van der Waals surface area contributed by atoms with Gasteiger partial charge in [-0.15, -0.1) is 24.0 Å². The van der Waals surface area contributed by atoms with Gasteiger partial charge < -0.3 is 15.5 Å². The maximum atomic E-state index is 4.33. The monoisotopic (exact) mass is 444 g/mol. The van der Waals surface area contributed by atoms with E-state index in [4.69, 9.17) is 0 Å². The van der Waals surface area contributed by atoms with Crippen LogP contribution < -0.4 is 10.6 Å². The number of hydrogen-bond donors (Lipinski definition) is 2. The fraction of sp³-hybridized carbons (Fsp3) is 0.632. The molecule has 1 fully saturated rings. The van der Waals surface area contributed by atoms with Gasteiger partial charge in [0.2, 0.25) is 0 Å². The Bertz CT molecular complexity index is 479. The van der Waals surface area contributed by atoms with Crippen LogP contribution in [0.3, 0.4) is 0 Å². The first-order valence-electron chi connectivity index (χ1n) is 8.93. The Morgan fingerprint density at radius 2 is 1.83 bits per heavy atom. The fourth-order valence-corrected chi connectivity index (χ4v) is 3.08. The second kappa shape index (κ2) is 11.7. The first kappa shape index (κ1) is 21.2. The Morgan fingerprint density at radius 3 is 2.42 bits per heavy atom. The molecule has 0 atom stereocenters. The van der Waals surface area contributed by atoms with E-state index in [0.29, 0.717) is 0 Å². The highest BCUT2D eigenvalue weighted by atomic mass is 127. The summed E-state index contributed by atoms with van der Waals surface area (Å²) in [6.45, 7) is 9.95. The summed E-state index contributed by atoms with van der Waals surface area (Å²) >= 11 is 0. The molecular weight excluding hydrogens is 411 g/mol. The molecule has 1 aromatic rings. The fourth-order valence-electron chi connectivity index (χ4n) is 3.08. The number of guanidine groups is 1. The number of rotatable bonds is 6. The first-order valence-corrected chi connectivity index (χ1v) is 8.93. The number of nitrogens with one attached hydrogen (secondary N) is 2. The van der Waals surface area contributed by atoms with Gasteiger partial charge in [0.25, 0.3) is 0 Å². The van der Waals surface area contributed by atoms with E-state index in [1.165, 1.54) is 50.0 Å². The van der Waals surface area contributed by atoms with Crippen LogP contribution in [0.25, 0.3) is 0 Å². The molecule has 0 bridgehead atoms. The molecule has 2 rings (SSSR count). The van der Waals surface area contributed by atoms with Gasteiger partial charge in [0.1, 0.15) is 0 Å². The summed E-state index contributed by atoms with van der Waals surface area (Å²) in [5, 5.41) is 6.89. The lowest BCUT2D eigenvalue weighted by Gasteiger charge is -2.32. The SMILES string of the molecule is CCCN1CCC(CNC(=NC)NCc2ccc(C)cc2)CC1.I. The molecule has 0 unspecified atom stereocenters. The Kier molecular flexibility index (Phi) is 10.3. The highest BCUT2D eigenvalue weighted by molar-refractivity contribution is 14.0. The molecule has 0 aromatic heterocycles. The van der Waals surface area contributed by atoms with Crippen LogP contribution in [0.4, 0.5) is 0 Å². The lowest BCUT2D eigenvalue weighted by molar-refractivity contribution is 0.185. The van der Waals surface area contributed by atoms with Gasteiger partial charge in [0, 0.05) is 20.1 Å². The third-order valence-corrected chi connectivity index (χ3v) is 4.61. The molecular formula is C19H33IN4.